The summed E-state index contributed by atoms with van der Waals surface area (Å²) < 4.78 is 28.7. The molecule has 3 rings (SSSR count). The molecule has 1 atom stereocenters. The number of rotatable bonds is 6. The third kappa shape index (κ3) is 4.48. The molecule has 1 aliphatic rings. The van der Waals surface area contributed by atoms with Crippen LogP contribution in [0.4, 0.5) is 8.78 Å². The Morgan fingerprint density at radius 3 is 2.96 bits per heavy atom. The van der Waals surface area contributed by atoms with Crippen LogP contribution in [0, 0.1) is 17.6 Å². The van der Waals surface area contributed by atoms with E-state index in [0.717, 1.165) is 44.1 Å². The minimum atomic E-state index is -0.549. The fraction of sp³-hybridized carbons (Fsp3) is 0.500. The van der Waals surface area contributed by atoms with E-state index in [9.17, 15) is 13.6 Å². The topological polar surface area (TPSA) is 38.1 Å². The molecule has 0 radical (unpaired) electrons. The van der Waals surface area contributed by atoms with Gasteiger partial charge in [0.1, 0.15) is 24.0 Å². The van der Waals surface area contributed by atoms with Crippen molar-refractivity contribution in [2.24, 2.45) is 5.92 Å². The molecule has 0 bridgehead atoms. The number of imidazole rings is 1. The second-order valence-corrected chi connectivity index (χ2v) is 6.95. The minimum absolute atomic E-state index is 0.107. The van der Waals surface area contributed by atoms with Crippen molar-refractivity contribution >= 4 is 5.91 Å². The maximum absolute atomic E-state index is 13.8. The largest absolute Gasteiger partial charge is 0.341 e. The molecule has 6 heteroatoms. The SMILES string of the molecule is CCc1nccn1CC(=O)N1CCC[C@@H](CCc2ccc(F)cc2F)C1. The summed E-state index contributed by atoms with van der Waals surface area (Å²) in [6, 6.07) is 3.75. The average molecular weight is 361 g/mol. The Kier molecular flexibility index (Phi) is 6.01. The third-order valence-corrected chi connectivity index (χ3v) is 5.13. The van der Waals surface area contributed by atoms with Crippen LogP contribution in [0.5, 0.6) is 0 Å². The third-order valence-electron chi connectivity index (χ3n) is 5.13. The number of aryl methyl sites for hydroxylation is 2. The van der Waals surface area contributed by atoms with Crippen LogP contribution >= 0.6 is 0 Å². The number of carbonyl (C=O) groups excluding carboxylic acids is 1. The van der Waals surface area contributed by atoms with Gasteiger partial charge >= 0.3 is 0 Å². The molecule has 4 nitrogen and oxygen atoms in total. The van der Waals surface area contributed by atoms with E-state index in [1.165, 1.54) is 12.1 Å². The summed E-state index contributed by atoms with van der Waals surface area (Å²) in [4.78, 5) is 18.8. The number of piperidine rings is 1. The van der Waals surface area contributed by atoms with Gasteiger partial charge in [0, 0.05) is 38.0 Å². The molecule has 140 valence electrons. The van der Waals surface area contributed by atoms with Crippen molar-refractivity contribution in [2.75, 3.05) is 13.1 Å². The Labute approximate surface area is 152 Å². The van der Waals surface area contributed by atoms with Crippen molar-refractivity contribution in [3.8, 4) is 0 Å². The van der Waals surface area contributed by atoms with E-state index in [1.807, 2.05) is 22.6 Å². The van der Waals surface area contributed by atoms with Gasteiger partial charge in [-0.05, 0) is 43.2 Å². The molecule has 0 saturated carbocycles. The van der Waals surface area contributed by atoms with E-state index in [4.69, 9.17) is 0 Å². The fourth-order valence-corrected chi connectivity index (χ4v) is 3.66. The van der Waals surface area contributed by atoms with E-state index in [-0.39, 0.29) is 5.91 Å². The number of likely N-dealkylation sites (tertiary alicyclic amines) is 1. The average Bonchev–Trinajstić information content (AvgIpc) is 3.08. The lowest BCUT2D eigenvalue weighted by atomic mass is 9.91. The highest BCUT2D eigenvalue weighted by molar-refractivity contribution is 5.76. The summed E-state index contributed by atoms with van der Waals surface area (Å²) in [7, 11) is 0. The van der Waals surface area contributed by atoms with Gasteiger partial charge in [-0.2, -0.15) is 0 Å². The molecule has 1 aromatic carbocycles. The van der Waals surface area contributed by atoms with Crippen LogP contribution in [0.3, 0.4) is 0 Å². The highest BCUT2D eigenvalue weighted by Gasteiger charge is 2.24. The molecule has 2 heterocycles. The first-order valence-corrected chi connectivity index (χ1v) is 9.28. The number of benzene rings is 1. The van der Waals surface area contributed by atoms with Gasteiger partial charge in [-0.3, -0.25) is 4.79 Å². The van der Waals surface area contributed by atoms with Crippen LogP contribution in [0.2, 0.25) is 0 Å². The Morgan fingerprint density at radius 2 is 2.19 bits per heavy atom. The summed E-state index contributed by atoms with van der Waals surface area (Å²) in [5.74, 6) is 0.340. The maximum atomic E-state index is 13.8. The molecule has 1 fully saturated rings. The van der Waals surface area contributed by atoms with Crippen molar-refractivity contribution in [1.29, 1.82) is 0 Å². The van der Waals surface area contributed by atoms with Crippen molar-refractivity contribution in [2.45, 2.75) is 45.6 Å². The van der Waals surface area contributed by atoms with E-state index in [2.05, 4.69) is 4.98 Å². The molecular formula is C20H25F2N3O. The summed E-state index contributed by atoms with van der Waals surface area (Å²) in [5, 5.41) is 0. The number of hydrogen-bond acceptors (Lipinski definition) is 2. The normalized spacial score (nSPS) is 17.5. The monoisotopic (exact) mass is 361 g/mol. The van der Waals surface area contributed by atoms with Crippen LogP contribution < -0.4 is 0 Å². The van der Waals surface area contributed by atoms with Crippen LogP contribution in [-0.4, -0.2) is 33.4 Å². The first-order chi connectivity index (χ1) is 12.6. The molecule has 1 aromatic heterocycles. The zero-order valence-corrected chi connectivity index (χ0v) is 15.1. The number of aromatic nitrogens is 2. The molecule has 0 spiro atoms. The number of carbonyl (C=O) groups is 1. The molecular weight excluding hydrogens is 336 g/mol. The van der Waals surface area contributed by atoms with Gasteiger partial charge in [0.2, 0.25) is 5.91 Å². The van der Waals surface area contributed by atoms with E-state index >= 15 is 0 Å². The number of amides is 1. The van der Waals surface area contributed by atoms with Crippen LogP contribution in [0.1, 0.15) is 37.6 Å². The first-order valence-electron chi connectivity index (χ1n) is 9.28. The summed E-state index contributed by atoms with van der Waals surface area (Å²) in [6.07, 6.45) is 7.74. The van der Waals surface area contributed by atoms with E-state index in [1.54, 1.807) is 6.20 Å². The highest BCUT2D eigenvalue weighted by Crippen LogP contribution is 2.23. The first kappa shape index (κ1) is 18.5. The zero-order valence-electron chi connectivity index (χ0n) is 15.1. The fourth-order valence-electron chi connectivity index (χ4n) is 3.66. The van der Waals surface area contributed by atoms with Gasteiger partial charge < -0.3 is 9.47 Å². The van der Waals surface area contributed by atoms with Gasteiger partial charge in [0.05, 0.1) is 0 Å². The highest BCUT2D eigenvalue weighted by atomic mass is 19.1. The van der Waals surface area contributed by atoms with Crippen LogP contribution in [0.15, 0.2) is 30.6 Å². The van der Waals surface area contributed by atoms with Crippen molar-refractivity contribution in [3.05, 3.63) is 53.6 Å². The molecule has 1 amide bonds. The van der Waals surface area contributed by atoms with Crippen molar-refractivity contribution in [1.82, 2.24) is 14.5 Å². The molecule has 0 N–H and O–H groups in total. The van der Waals surface area contributed by atoms with Gasteiger partial charge in [-0.25, -0.2) is 13.8 Å². The summed E-state index contributed by atoms with van der Waals surface area (Å²) >= 11 is 0. The Hall–Kier alpha value is -2.24. The predicted molar refractivity (Wildman–Crippen MR) is 95.6 cm³/mol. The Balaban J connectivity index is 1.54. The van der Waals surface area contributed by atoms with E-state index < -0.39 is 11.6 Å². The van der Waals surface area contributed by atoms with Crippen LogP contribution in [0.25, 0.3) is 0 Å². The van der Waals surface area contributed by atoms with Gasteiger partial charge in [-0.15, -0.1) is 0 Å². The lowest BCUT2D eigenvalue weighted by molar-refractivity contribution is -0.133. The lowest BCUT2D eigenvalue weighted by Crippen LogP contribution is -2.41. The maximum Gasteiger partial charge on any atom is 0.242 e. The summed E-state index contributed by atoms with van der Waals surface area (Å²) in [5.41, 5.74) is 0.542. The number of nitrogens with zero attached hydrogens (tertiary/aromatic N) is 3. The minimum Gasteiger partial charge on any atom is -0.341 e. The molecule has 0 aliphatic carbocycles. The Morgan fingerprint density at radius 1 is 1.35 bits per heavy atom. The predicted octanol–water partition coefficient (Wildman–Crippen LogP) is 3.60. The molecule has 26 heavy (non-hydrogen) atoms. The van der Waals surface area contributed by atoms with Crippen molar-refractivity contribution < 1.29 is 13.6 Å². The Bertz CT molecular complexity index is 759. The van der Waals surface area contributed by atoms with Crippen LogP contribution in [-0.2, 0) is 24.2 Å². The zero-order chi connectivity index (χ0) is 18.5. The van der Waals surface area contributed by atoms with Gasteiger partial charge in [0.15, 0.2) is 0 Å². The summed E-state index contributed by atoms with van der Waals surface area (Å²) in [6.45, 7) is 3.82. The molecule has 1 aliphatic heterocycles. The standard InChI is InChI=1S/C20H25F2N3O/c1-2-19-23-9-11-24(19)14-20(26)25-10-3-4-15(13-25)5-6-16-7-8-17(21)12-18(16)22/h7-9,11-12,15H,2-6,10,13-14H2,1H3/t15-/m0/s1. The van der Waals surface area contributed by atoms with Crippen molar-refractivity contribution in [3.63, 3.8) is 0 Å². The van der Waals surface area contributed by atoms with E-state index in [0.29, 0.717) is 31.0 Å². The number of halogens is 2. The quantitative estimate of drug-likeness (QED) is 0.789. The van der Waals surface area contributed by atoms with Gasteiger partial charge in [-0.1, -0.05) is 13.0 Å². The molecule has 2 aromatic rings. The molecule has 0 unspecified atom stereocenters. The second-order valence-electron chi connectivity index (χ2n) is 6.95. The van der Waals surface area contributed by atoms with Gasteiger partial charge in [0.25, 0.3) is 0 Å². The smallest absolute Gasteiger partial charge is 0.242 e. The molecule has 1 saturated heterocycles. The lowest BCUT2D eigenvalue weighted by Gasteiger charge is -2.33. The number of hydrogen-bond donors (Lipinski definition) is 0. The second kappa shape index (κ2) is 8.43.